The number of fused-ring (bicyclic) bond motifs is 7. The zero-order chi connectivity index (χ0) is 29.0. The molecule has 0 radical (unpaired) electrons. The summed E-state index contributed by atoms with van der Waals surface area (Å²) in [6.07, 6.45) is 13.9. The van der Waals surface area contributed by atoms with Crippen LogP contribution < -0.4 is 4.90 Å². The number of aromatic nitrogens is 1. The van der Waals surface area contributed by atoms with Gasteiger partial charge in [-0.25, -0.2) is 0 Å². The molecule has 0 bridgehead atoms. The lowest BCUT2D eigenvalue weighted by atomic mass is 9.82. The Morgan fingerprint density at radius 3 is 2.25 bits per heavy atom. The molecule has 0 N–H and O–H groups in total. The standard InChI is InChI=1S/C42H32N2/c1-3-12-29(13-4-1)31-14-11-15-32(28-31)30-22-24-34(25-23-30)44-38-21-10-8-19-36(38)42-40(44)27-26-39-41(42)35-18-7-9-20-37(35)43(39)33-16-5-2-6-17-33/h2-3,5-28,40,42H,1,4H2. The van der Waals surface area contributed by atoms with Crippen LogP contribution in [0.5, 0.6) is 0 Å². The van der Waals surface area contributed by atoms with Crippen molar-refractivity contribution < 1.29 is 0 Å². The third-order valence-electron chi connectivity index (χ3n) is 9.57. The fourth-order valence-corrected chi connectivity index (χ4v) is 7.64. The second-order valence-corrected chi connectivity index (χ2v) is 12.0. The molecule has 44 heavy (non-hydrogen) atoms. The van der Waals surface area contributed by atoms with Crippen molar-refractivity contribution in [2.75, 3.05) is 4.90 Å². The van der Waals surface area contributed by atoms with Gasteiger partial charge < -0.3 is 9.47 Å². The maximum atomic E-state index is 2.55. The van der Waals surface area contributed by atoms with Crippen LogP contribution in [0.3, 0.4) is 0 Å². The molecule has 9 rings (SSSR count). The summed E-state index contributed by atoms with van der Waals surface area (Å²) in [5.74, 6) is 0.245. The van der Waals surface area contributed by atoms with Crippen LogP contribution in [-0.4, -0.2) is 10.6 Å². The van der Waals surface area contributed by atoms with Gasteiger partial charge in [-0.3, -0.25) is 0 Å². The van der Waals surface area contributed by atoms with E-state index in [1.165, 1.54) is 67.0 Å². The van der Waals surface area contributed by atoms with Crippen molar-refractivity contribution >= 4 is 33.9 Å². The highest BCUT2D eigenvalue weighted by atomic mass is 15.2. The van der Waals surface area contributed by atoms with Gasteiger partial charge in [-0.1, -0.05) is 109 Å². The second-order valence-electron chi connectivity index (χ2n) is 12.0. The molecule has 0 saturated carbocycles. The first-order valence-corrected chi connectivity index (χ1v) is 15.7. The summed E-state index contributed by atoms with van der Waals surface area (Å²) in [4.78, 5) is 2.55. The molecule has 5 aromatic carbocycles. The van der Waals surface area contributed by atoms with Crippen LogP contribution in [0, 0.1) is 0 Å². The number of benzene rings is 5. The van der Waals surface area contributed by atoms with Crippen molar-refractivity contribution in [2.24, 2.45) is 0 Å². The highest BCUT2D eigenvalue weighted by Gasteiger charge is 2.43. The normalized spacial score (nSPS) is 18.2. The van der Waals surface area contributed by atoms with Gasteiger partial charge in [0, 0.05) is 28.4 Å². The lowest BCUT2D eigenvalue weighted by Crippen LogP contribution is -2.30. The minimum absolute atomic E-state index is 0.203. The lowest BCUT2D eigenvalue weighted by molar-refractivity contribution is 0.725. The summed E-state index contributed by atoms with van der Waals surface area (Å²) >= 11 is 0. The monoisotopic (exact) mass is 564 g/mol. The van der Waals surface area contributed by atoms with Crippen LogP contribution in [0.2, 0.25) is 0 Å². The van der Waals surface area contributed by atoms with E-state index in [-0.39, 0.29) is 12.0 Å². The maximum absolute atomic E-state index is 2.55. The van der Waals surface area contributed by atoms with Crippen LogP contribution in [0.4, 0.5) is 11.4 Å². The van der Waals surface area contributed by atoms with E-state index in [0.717, 1.165) is 12.8 Å². The molecule has 2 heteroatoms. The number of hydrogen-bond acceptors (Lipinski definition) is 1. The van der Waals surface area contributed by atoms with E-state index in [1.807, 2.05) is 0 Å². The SMILES string of the molecule is C1=CC(c2cccc(-c3ccc(N4c5ccccc5C5c6c(n(-c7ccccc7)c7ccccc67)C=CC54)cc3)c2)=CCC1. The summed E-state index contributed by atoms with van der Waals surface area (Å²) in [7, 11) is 0. The van der Waals surface area contributed by atoms with Crippen LogP contribution in [0.15, 0.2) is 152 Å². The average Bonchev–Trinajstić information content (AvgIpc) is 3.62. The molecule has 2 aliphatic carbocycles. The molecule has 2 nitrogen and oxygen atoms in total. The lowest BCUT2D eigenvalue weighted by Gasteiger charge is -2.31. The number of para-hydroxylation sites is 3. The highest BCUT2D eigenvalue weighted by Crippen LogP contribution is 2.53. The van der Waals surface area contributed by atoms with Crippen molar-refractivity contribution in [3.8, 4) is 16.8 Å². The van der Waals surface area contributed by atoms with Crippen molar-refractivity contribution in [1.29, 1.82) is 0 Å². The second kappa shape index (κ2) is 10.1. The molecule has 1 aromatic heterocycles. The molecule has 1 aliphatic heterocycles. The topological polar surface area (TPSA) is 8.17 Å². The van der Waals surface area contributed by atoms with E-state index in [4.69, 9.17) is 0 Å². The molecule has 210 valence electrons. The molecular formula is C42H32N2. The maximum Gasteiger partial charge on any atom is 0.0637 e. The Balaban J connectivity index is 1.14. The third kappa shape index (κ3) is 3.88. The van der Waals surface area contributed by atoms with Crippen molar-refractivity contribution in [2.45, 2.75) is 24.8 Å². The van der Waals surface area contributed by atoms with E-state index in [2.05, 4.69) is 167 Å². The third-order valence-corrected chi connectivity index (χ3v) is 9.57. The molecule has 0 spiro atoms. The van der Waals surface area contributed by atoms with Crippen LogP contribution in [-0.2, 0) is 0 Å². The molecule has 2 atom stereocenters. The smallest absolute Gasteiger partial charge is 0.0637 e. The Morgan fingerprint density at radius 2 is 1.39 bits per heavy atom. The first-order valence-electron chi connectivity index (χ1n) is 15.7. The number of rotatable bonds is 4. The minimum atomic E-state index is 0.203. The summed E-state index contributed by atoms with van der Waals surface area (Å²) in [5.41, 5.74) is 14.2. The Morgan fingerprint density at radius 1 is 0.591 bits per heavy atom. The van der Waals surface area contributed by atoms with Gasteiger partial charge >= 0.3 is 0 Å². The first kappa shape index (κ1) is 25.2. The summed E-state index contributed by atoms with van der Waals surface area (Å²) in [5, 5.41) is 1.33. The van der Waals surface area contributed by atoms with E-state index in [0.29, 0.717) is 0 Å². The van der Waals surface area contributed by atoms with Gasteiger partial charge in [0.2, 0.25) is 0 Å². The average molecular weight is 565 g/mol. The summed E-state index contributed by atoms with van der Waals surface area (Å²) in [6.45, 7) is 0. The van der Waals surface area contributed by atoms with Crippen LogP contribution in [0.1, 0.15) is 41.1 Å². The molecule has 3 aliphatic rings. The largest absolute Gasteiger partial charge is 0.333 e. The van der Waals surface area contributed by atoms with E-state index in [9.17, 15) is 0 Å². The molecule has 6 aromatic rings. The Labute approximate surface area is 258 Å². The van der Waals surface area contributed by atoms with Gasteiger partial charge in [-0.05, 0) is 94.8 Å². The molecule has 0 amide bonds. The van der Waals surface area contributed by atoms with Gasteiger partial charge in [-0.2, -0.15) is 0 Å². The van der Waals surface area contributed by atoms with Crippen molar-refractivity contribution in [3.63, 3.8) is 0 Å². The van der Waals surface area contributed by atoms with Gasteiger partial charge in [0.25, 0.3) is 0 Å². The quantitative estimate of drug-likeness (QED) is 0.207. The van der Waals surface area contributed by atoms with Gasteiger partial charge in [0.05, 0.1) is 17.3 Å². The van der Waals surface area contributed by atoms with Gasteiger partial charge in [-0.15, -0.1) is 0 Å². The predicted molar refractivity (Wildman–Crippen MR) is 185 cm³/mol. The zero-order valence-electron chi connectivity index (χ0n) is 24.5. The fourth-order valence-electron chi connectivity index (χ4n) is 7.64. The van der Waals surface area contributed by atoms with Crippen LogP contribution in [0.25, 0.3) is 39.4 Å². The molecular weight excluding hydrogens is 532 g/mol. The van der Waals surface area contributed by atoms with Gasteiger partial charge in [0.15, 0.2) is 0 Å². The van der Waals surface area contributed by atoms with Crippen molar-refractivity contribution in [3.05, 3.63) is 174 Å². The number of nitrogens with zero attached hydrogens (tertiary/aromatic N) is 2. The summed E-state index contributed by atoms with van der Waals surface area (Å²) in [6, 6.07) is 47.0. The number of hydrogen-bond donors (Lipinski definition) is 0. The van der Waals surface area contributed by atoms with Gasteiger partial charge in [0.1, 0.15) is 0 Å². The Bertz CT molecular complexity index is 2120. The first-order chi connectivity index (χ1) is 21.8. The molecule has 2 unspecified atom stereocenters. The number of allylic oxidation sites excluding steroid dienone is 4. The van der Waals surface area contributed by atoms with Crippen molar-refractivity contribution in [1.82, 2.24) is 4.57 Å². The predicted octanol–water partition coefficient (Wildman–Crippen LogP) is 10.7. The fraction of sp³-hybridized carbons (Fsp3) is 0.0952. The summed E-state index contributed by atoms with van der Waals surface area (Å²) < 4.78 is 2.44. The Hall–Kier alpha value is -5.34. The number of anilines is 2. The minimum Gasteiger partial charge on any atom is -0.333 e. The van der Waals surface area contributed by atoms with E-state index < -0.39 is 0 Å². The van der Waals surface area contributed by atoms with E-state index in [1.54, 1.807) is 0 Å². The highest BCUT2D eigenvalue weighted by molar-refractivity contribution is 5.94. The molecule has 0 fully saturated rings. The van der Waals surface area contributed by atoms with E-state index >= 15 is 0 Å². The zero-order valence-corrected chi connectivity index (χ0v) is 24.5. The van der Waals surface area contributed by atoms with Crippen LogP contribution >= 0.6 is 0 Å². The molecule has 0 saturated heterocycles. The Kier molecular flexibility index (Phi) is 5.80. The molecule has 2 heterocycles.